The first-order valence-corrected chi connectivity index (χ1v) is 7.81. The van der Waals surface area contributed by atoms with Crippen molar-refractivity contribution in [1.29, 1.82) is 0 Å². The maximum Gasteiger partial charge on any atom is 0.228 e. The number of nitrogens with zero attached hydrogens (tertiary/aromatic N) is 2. The molecular weight excluding hydrogens is 368 g/mol. The quantitative estimate of drug-likeness (QED) is 0.872. The smallest absolute Gasteiger partial charge is 0.228 e. The molecule has 0 radical (unpaired) electrons. The predicted octanol–water partition coefficient (Wildman–Crippen LogP) is 3.08. The summed E-state index contributed by atoms with van der Waals surface area (Å²) >= 11 is 0. The fourth-order valence-corrected chi connectivity index (χ4v) is 2.82. The Balaban J connectivity index is 0.00000156. The van der Waals surface area contributed by atoms with Gasteiger partial charge in [-0.1, -0.05) is 0 Å². The van der Waals surface area contributed by atoms with Gasteiger partial charge in [0.25, 0.3) is 0 Å². The van der Waals surface area contributed by atoms with Crippen molar-refractivity contribution in [2.75, 3.05) is 20.1 Å². The molecule has 1 fully saturated rings. The Morgan fingerprint density at radius 3 is 2.76 bits per heavy atom. The molecule has 0 spiro atoms. The minimum absolute atomic E-state index is 0. The van der Waals surface area contributed by atoms with Gasteiger partial charge in [-0.25, -0.2) is 9.37 Å². The fourth-order valence-electron chi connectivity index (χ4n) is 2.82. The number of hydrogen-bond donors (Lipinski definition) is 1. The number of likely N-dealkylation sites (tertiary alicyclic amines) is 1. The normalized spacial score (nSPS) is 16.7. The molecule has 1 aromatic carbocycles. The largest absolute Gasteiger partial charge is 0.444 e. The maximum absolute atomic E-state index is 12.9. The van der Waals surface area contributed by atoms with Gasteiger partial charge in [-0.05, 0) is 44.2 Å². The summed E-state index contributed by atoms with van der Waals surface area (Å²) in [6.45, 7) is 1.53. The lowest BCUT2D eigenvalue weighted by Crippen LogP contribution is -2.47. The predicted molar refractivity (Wildman–Crippen MR) is 98.8 cm³/mol. The number of hydrogen-bond acceptors (Lipinski definition) is 4. The van der Waals surface area contributed by atoms with Crippen LogP contribution in [-0.4, -0.2) is 42.0 Å². The van der Waals surface area contributed by atoms with Crippen molar-refractivity contribution in [3.63, 3.8) is 0 Å². The molecule has 138 valence electrons. The van der Waals surface area contributed by atoms with E-state index >= 15 is 0 Å². The number of carbonyl (C=O) groups is 1. The number of aromatic nitrogens is 1. The van der Waals surface area contributed by atoms with Crippen LogP contribution in [-0.2, 0) is 11.2 Å². The highest BCUT2D eigenvalue weighted by Crippen LogP contribution is 2.20. The molecule has 0 bridgehead atoms. The van der Waals surface area contributed by atoms with E-state index in [1.807, 2.05) is 11.9 Å². The summed E-state index contributed by atoms with van der Waals surface area (Å²) in [4.78, 5) is 18.6. The maximum atomic E-state index is 12.9. The highest BCUT2D eigenvalue weighted by Gasteiger charge is 2.23. The topological polar surface area (TPSA) is 58.4 Å². The standard InChI is InChI=1S/C17H20FN3O2.2ClH/c1-19-14-3-2-8-21(10-14)16(22)9-15-11-23-17(20-15)12-4-6-13(18)7-5-12;;/h4-7,11,14,19H,2-3,8-10H2,1H3;2*1H. The lowest BCUT2D eigenvalue weighted by atomic mass is 10.1. The molecule has 1 atom stereocenters. The Morgan fingerprint density at radius 1 is 1.36 bits per heavy atom. The number of nitrogens with one attached hydrogen (secondary N) is 1. The number of carbonyl (C=O) groups excluding carboxylic acids is 1. The van der Waals surface area contributed by atoms with Crippen LogP contribution in [0.1, 0.15) is 18.5 Å². The Hall–Kier alpha value is -1.63. The number of benzene rings is 1. The summed E-state index contributed by atoms with van der Waals surface area (Å²) in [5.41, 5.74) is 1.29. The van der Waals surface area contributed by atoms with Gasteiger partial charge in [-0.2, -0.15) is 0 Å². The van der Waals surface area contributed by atoms with Crippen molar-refractivity contribution in [3.8, 4) is 11.5 Å². The molecule has 1 aromatic heterocycles. The first-order valence-electron chi connectivity index (χ1n) is 7.81. The van der Waals surface area contributed by atoms with Crippen LogP contribution in [0.5, 0.6) is 0 Å². The van der Waals surface area contributed by atoms with Crippen LogP contribution < -0.4 is 5.32 Å². The van der Waals surface area contributed by atoms with Crippen molar-refractivity contribution < 1.29 is 13.6 Å². The van der Waals surface area contributed by atoms with Crippen molar-refractivity contribution in [2.45, 2.75) is 25.3 Å². The molecule has 1 aliphatic rings. The first-order chi connectivity index (χ1) is 11.2. The van der Waals surface area contributed by atoms with Crippen LogP contribution >= 0.6 is 24.8 Å². The minimum Gasteiger partial charge on any atom is -0.444 e. The molecule has 8 heteroatoms. The molecule has 25 heavy (non-hydrogen) atoms. The molecule has 3 rings (SSSR count). The van der Waals surface area contributed by atoms with E-state index in [2.05, 4.69) is 10.3 Å². The average molecular weight is 390 g/mol. The van der Waals surface area contributed by atoms with Crippen molar-refractivity contribution >= 4 is 30.7 Å². The van der Waals surface area contributed by atoms with Crippen LogP contribution in [0.25, 0.3) is 11.5 Å². The zero-order chi connectivity index (χ0) is 16.2. The van der Waals surface area contributed by atoms with Crippen LogP contribution in [0, 0.1) is 5.82 Å². The molecule has 1 amide bonds. The summed E-state index contributed by atoms with van der Waals surface area (Å²) in [5, 5.41) is 3.22. The second-order valence-electron chi connectivity index (χ2n) is 5.80. The zero-order valence-corrected chi connectivity index (χ0v) is 15.5. The number of halogens is 3. The summed E-state index contributed by atoms with van der Waals surface area (Å²) in [6.07, 6.45) is 3.83. The van der Waals surface area contributed by atoms with E-state index in [4.69, 9.17) is 4.42 Å². The summed E-state index contributed by atoms with van der Waals surface area (Å²) in [7, 11) is 1.92. The number of oxazole rings is 1. The Morgan fingerprint density at radius 2 is 2.08 bits per heavy atom. The third-order valence-electron chi connectivity index (χ3n) is 4.16. The Bertz CT molecular complexity index is 679. The molecular formula is C17H22Cl2FN3O2. The Labute approximate surface area is 158 Å². The molecule has 5 nitrogen and oxygen atoms in total. The van der Waals surface area contributed by atoms with E-state index in [0.717, 1.165) is 25.9 Å². The summed E-state index contributed by atoms with van der Waals surface area (Å²) in [6, 6.07) is 6.29. The third-order valence-corrected chi connectivity index (χ3v) is 4.16. The van der Waals surface area contributed by atoms with Gasteiger partial charge >= 0.3 is 0 Å². The molecule has 1 saturated heterocycles. The number of rotatable bonds is 4. The monoisotopic (exact) mass is 389 g/mol. The van der Waals surface area contributed by atoms with E-state index in [-0.39, 0.29) is 43.0 Å². The van der Waals surface area contributed by atoms with Crippen LogP contribution in [0.4, 0.5) is 4.39 Å². The summed E-state index contributed by atoms with van der Waals surface area (Å²) in [5.74, 6) is 0.156. The Kier molecular flexibility index (Phi) is 8.35. The highest BCUT2D eigenvalue weighted by atomic mass is 35.5. The second-order valence-corrected chi connectivity index (χ2v) is 5.80. The molecule has 1 N–H and O–H groups in total. The van der Waals surface area contributed by atoms with Crippen LogP contribution in [0.2, 0.25) is 0 Å². The average Bonchev–Trinajstić information content (AvgIpc) is 3.04. The van der Waals surface area contributed by atoms with Crippen molar-refractivity contribution in [2.24, 2.45) is 0 Å². The van der Waals surface area contributed by atoms with Gasteiger partial charge in [0.1, 0.15) is 12.1 Å². The van der Waals surface area contributed by atoms with Gasteiger partial charge in [-0.3, -0.25) is 4.79 Å². The molecule has 2 heterocycles. The van der Waals surface area contributed by atoms with E-state index in [1.54, 1.807) is 12.1 Å². The molecule has 0 saturated carbocycles. The van der Waals surface area contributed by atoms with E-state index in [9.17, 15) is 9.18 Å². The fraction of sp³-hybridized carbons (Fsp3) is 0.412. The van der Waals surface area contributed by atoms with Crippen molar-refractivity contribution in [3.05, 3.63) is 42.0 Å². The minimum atomic E-state index is -0.306. The SMILES string of the molecule is CNC1CCCN(C(=O)Cc2coc(-c3ccc(F)cc3)n2)C1.Cl.Cl. The van der Waals surface area contributed by atoms with E-state index < -0.39 is 0 Å². The number of amides is 1. The summed E-state index contributed by atoms with van der Waals surface area (Å²) < 4.78 is 18.3. The van der Waals surface area contributed by atoms with Crippen molar-refractivity contribution in [1.82, 2.24) is 15.2 Å². The van der Waals surface area contributed by atoms with Gasteiger partial charge < -0.3 is 14.6 Å². The van der Waals surface area contributed by atoms with Crippen LogP contribution in [0.15, 0.2) is 34.9 Å². The first kappa shape index (κ1) is 21.4. The molecule has 1 aliphatic heterocycles. The molecule has 0 aliphatic carbocycles. The number of likely N-dealkylation sites (N-methyl/N-ethyl adjacent to an activating group) is 1. The zero-order valence-electron chi connectivity index (χ0n) is 13.9. The van der Waals surface area contributed by atoms with E-state index in [0.29, 0.717) is 23.2 Å². The third kappa shape index (κ3) is 5.42. The second kappa shape index (κ2) is 9.75. The van der Waals surface area contributed by atoms with Gasteiger partial charge in [0, 0.05) is 24.7 Å². The number of piperidine rings is 1. The lowest BCUT2D eigenvalue weighted by molar-refractivity contribution is -0.131. The van der Waals surface area contributed by atoms with Gasteiger partial charge in [0.2, 0.25) is 11.8 Å². The van der Waals surface area contributed by atoms with Crippen LogP contribution in [0.3, 0.4) is 0 Å². The molecule has 1 unspecified atom stereocenters. The lowest BCUT2D eigenvalue weighted by Gasteiger charge is -2.32. The van der Waals surface area contributed by atoms with Gasteiger partial charge in [0.05, 0.1) is 12.1 Å². The molecule has 2 aromatic rings. The van der Waals surface area contributed by atoms with Gasteiger partial charge in [0.15, 0.2) is 0 Å². The van der Waals surface area contributed by atoms with Gasteiger partial charge in [-0.15, -0.1) is 24.8 Å². The van der Waals surface area contributed by atoms with E-state index in [1.165, 1.54) is 18.4 Å². The highest BCUT2D eigenvalue weighted by molar-refractivity contribution is 5.85.